The Balaban J connectivity index is 1.81. The van der Waals surface area contributed by atoms with Crippen LogP contribution in [0.3, 0.4) is 0 Å². The van der Waals surface area contributed by atoms with Gasteiger partial charge in [0.15, 0.2) is 4.34 Å². The molecule has 7 heteroatoms. The van der Waals surface area contributed by atoms with Crippen LogP contribution in [0, 0.1) is 0 Å². The Morgan fingerprint density at radius 3 is 2.33 bits per heavy atom. The molecule has 2 aromatic carbocycles. The first-order chi connectivity index (χ1) is 11.7. The van der Waals surface area contributed by atoms with Crippen LogP contribution in [-0.4, -0.2) is 27.8 Å². The van der Waals surface area contributed by atoms with Crippen LogP contribution in [0.15, 0.2) is 40.7 Å². The number of hydrogen-bond acceptors (Lipinski definition) is 6. The van der Waals surface area contributed by atoms with Gasteiger partial charge in [-0.1, -0.05) is 54.3 Å². The Morgan fingerprint density at radius 2 is 1.71 bits per heavy atom. The van der Waals surface area contributed by atoms with Crippen LogP contribution >= 0.6 is 23.1 Å². The van der Waals surface area contributed by atoms with Gasteiger partial charge in [-0.05, 0) is 23.9 Å². The van der Waals surface area contributed by atoms with E-state index in [1.807, 2.05) is 24.3 Å². The van der Waals surface area contributed by atoms with Gasteiger partial charge in [-0.15, -0.1) is 10.2 Å². The molecule has 1 aliphatic heterocycles. The molecule has 0 radical (unpaired) electrons. The molecule has 1 aromatic heterocycles. The molecule has 3 aromatic rings. The minimum atomic E-state index is -0.340. The summed E-state index contributed by atoms with van der Waals surface area (Å²) in [6.45, 7) is 2.09. The van der Waals surface area contributed by atoms with E-state index in [4.69, 9.17) is 0 Å². The molecule has 24 heavy (non-hydrogen) atoms. The molecule has 2 amide bonds. The minimum absolute atomic E-state index is 0.329. The summed E-state index contributed by atoms with van der Waals surface area (Å²) in [6.07, 6.45) is 1.02. The normalized spacial score (nSPS) is 13.8. The zero-order valence-electron chi connectivity index (χ0n) is 12.9. The summed E-state index contributed by atoms with van der Waals surface area (Å²) in [5.74, 6) is 0.249. The Hall–Kier alpha value is -2.25. The topological polar surface area (TPSA) is 63.2 Å². The lowest BCUT2D eigenvalue weighted by Crippen LogP contribution is -2.40. The molecular formula is C17H13N3O2S2. The number of nitrogens with zero attached hydrogens (tertiary/aromatic N) is 3. The van der Waals surface area contributed by atoms with Crippen molar-refractivity contribution in [2.45, 2.75) is 17.7 Å². The van der Waals surface area contributed by atoms with E-state index in [0.29, 0.717) is 16.3 Å². The van der Waals surface area contributed by atoms with E-state index in [2.05, 4.69) is 17.1 Å². The van der Waals surface area contributed by atoms with Crippen LogP contribution in [0.1, 0.15) is 34.1 Å². The van der Waals surface area contributed by atoms with Gasteiger partial charge in [-0.25, -0.2) is 4.90 Å². The molecule has 0 saturated carbocycles. The highest BCUT2D eigenvalue weighted by Crippen LogP contribution is 2.35. The van der Waals surface area contributed by atoms with Crippen LogP contribution in [-0.2, 0) is 0 Å². The van der Waals surface area contributed by atoms with Crippen LogP contribution in [0.5, 0.6) is 0 Å². The molecule has 0 spiro atoms. The Kier molecular flexibility index (Phi) is 3.82. The van der Waals surface area contributed by atoms with Crippen molar-refractivity contribution in [1.29, 1.82) is 0 Å². The molecular weight excluding hydrogens is 342 g/mol. The van der Waals surface area contributed by atoms with Crippen molar-refractivity contribution < 1.29 is 9.59 Å². The number of amides is 2. The van der Waals surface area contributed by atoms with Gasteiger partial charge >= 0.3 is 0 Å². The van der Waals surface area contributed by atoms with Gasteiger partial charge in [0.2, 0.25) is 5.13 Å². The van der Waals surface area contributed by atoms with Gasteiger partial charge in [-0.2, -0.15) is 0 Å². The molecule has 0 fully saturated rings. The van der Waals surface area contributed by atoms with E-state index >= 15 is 0 Å². The lowest BCUT2D eigenvalue weighted by atomic mass is 9.94. The molecule has 0 bridgehead atoms. The number of aromatic nitrogens is 2. The zero-order valence-corrected chi connectivity index (χ0v) is 14.5. The molecule has 2 heterocycles. The van der Waals surface area contributed by atoms with Gasteiger partial charge in [0.05, 0.1) is 0 Å². The summed E-state index contributed by atoms with van der Waals surface area (Å²) in [6, 6.07) is 11.0. The molecule has 5 nitrogen and oxygen atoms in total. The lowest BCUT2D eigenvalue weighted by molar-refractivity contribution is 0.0893. The van der Waals surface area contributed by atoms with Crippen molar-refractivity contribution in [3.63, 3.8) is 0 Å². The Bertz CT molecular complexity index is 917. The average molecular weight is 355 g/mol. The molecule has 4 rings (SSSR count). The maximum absolute atomic E-state index is 12.9. The van der Waals surface area contributed by atoms with E-state index in [-0.39, 0.29) is 11.8 Å². The van der Waals surface area contributed by atoms with E-state index in [0.717, 1.165) is 32.2 Å². The van der Waals surface area contributed by atoms with Gasteiger partial charge in [0.25, 0.3) is 11.8 Å². The molecule has 0 N–H and O–H groups in total. The maximum atomic E-state index is 12.9. The van der Waals surface area contributed by atoms with Crippen LogP contribution < -0.4 is 4.90 Å². The van der Waals surface area contributed by atoms with Crippen molar-refractivity contribution in [3.8, 4) is 0 Å². The van der Waals surface area contributed by atoms with Crippen molar-refractivity contribution >= 4 is 50.8 Å². The van der Waals surface area contributed by atoms with Gasteiger partial charge < -0.3 is 0 Å². The standard InChI is InChI=1S/C17H13N3O2S2/c1-2-9-23-17-19-18-16(24-17)20-14(21)11-7-3-5-10-6-4-8-12(13(10)11)15(20)22/h3-8H,2,9H2,1H3. The van der Waals surface area contributed by atoms with Crippen LogP contribution in [0.2, 0.25) is 0 Å². The summed E-state index contributed by atoms with van der Waals surface area (Å²) in [4.78, 5) is 26.9. The van der Waals surface area contributed by atoms with Crippen LogP contribution in [0.4, 0.5) is 5.13 Å². The highest BCUT2D eigenvalue weighted by atomic mass is 32.2. The van der Waals surface area contributed by atoms with Gasteiger partial charge in [0.1, 0.15) is 0 Å². The SMILES string of the molecule is CCCSc1nnc(N2C(=O)c3cccc4cccc(c34)C2=O)s1. The van der Waals surface area contributed by atoms with Gasteiger partial charge in [0, 0.05) is 22.3 Å². The first-order valence-corrected chi connectivity index (χ1v) is 9.37. The summed E-state index contributed by atoms with van der Waals surface area (Å²) in [5, 5.41) is 10.1. The van der Waals surface area contributed by atoms with Crippen molar-refractivity contribution in [2.24, 2.45) is 0 Å². The number of anilines is 1. The fourth-order valence-electron chi connectivity index (χ4n) is 2.74. The summed E-state index contributed by atoms with van der Waals surface area (Å²) < 4.78 is 0.768. The maximum Gasteiger partial charge on any atom is 0.267 e. The van der Waals surface area contributed by atoms with E-state index in [1.54, 1.807) is 23.9 Å². The molecule has 120 valence electrons. The molecule has 0 saturated heterocycles. The predicted molar refractivity (Wildman–Crippen MR) is 96.0 cm³/mol. The number of carbonyl (C=O) groups excluding carboxylic acids is 2. The molecule has 0 unspecified atom stereocenters. The first kappa shape index (κ1) is 15.3. The second kappa shape index (κ2) is 5.99. The lowest BCUT2D eigenvalue weighted by Gasteiger charge is -2.24. The van der Waals surface area contributed by atoms with E-state index in [1.165, 1.54) is 11.3 Å². The summed E-state index contributed by atoms with van der Waals surface area (Å²) in [5.41, 5.74) is 1.06. The third kappa shape index (κ3) is 2.32. The Morgan fingerprint density at radius 1 is 1.04 bits per heavy atom. The smallest absolute Gasteiger partial charge is 0.267 e. The number of imide groups is 1. The summed E-state index contributed by atoms with van der Waals surface area (Å²) >= 11 is 2.86. The predicted octanol–water partition coefficient (Wildman–Crippen LogP) is 3.99. The largest absolute Gasteiger partial charge is 0.268 e. The zero-order chi connectivity index (χ0) is 16.7. The number of thioether (sulfide) groups is 1. The van der Waals surface area contributed by atoms with E-state index in [9.17, 15) is 9.59 Å². The number of carbonyl (C=O) groups is 2. The monoisotopic (exact) mass is 355 g/mol. The van der Waals surface area contributed by atoms with E-state index < -0.39 is 0 Å². The molecule has 1 aliphatic rings. The Labute approximate surface area is 146 Å². The van der Waals surface area contributed by atoms with Gasteiger partial charge in [-0.3, -0.25) is 9.59 Å². The minimum Gasteiger partial charge on any atom is -0.268 e. The average Bonchev–Trinajstić information content (AvgIpc) is 3.06. The highest BCUT2D eigenvalue weighted by Gasteiger charge is 2.35. The second-order valence-electron chi connectivity index (χ2n) is 5.35. The third-order valence-electron chi connectivity index (χ3n) is 3.79. The van der Waals surface area contributed by atoms with Crippen LogP contribution in [0.25, 0.3) is 10.8 Å². The molecule has 0 atom stereocenters. The second-order valence-corrected chi connectivity index (χ2v) is 7.65. The first-order valence-electron chi connectivity index (χ1n) is 7.57. The number of benzene rings is 2. The fourth-order valence-corrected chi connectivity index (χ4v) is 4.51. The van der Waals surface area contributed by atoms with Crippen molar-refractivity contribution in [1.82, 2.24) is 10.2 Å². The quantitative estimate of drug-likeness (QED) is 0.402. The summed E-state index contributed by atoms with van der Waals surface area (Å²) in [7, 11) is 0. The van der Waals surface area contributed by atoms with Crippen molar-refractivity contribution in [2.75, 3.05) is 10.7 Å². The fraction of sp³-hybridized carbons (Fsp3) is 0.176. The third-order valence-corrected chi connectivity index (χ3v) is 6.04. The molecule has 0 aliphatic carbocycles. The highest BCUT2D eigenvalue weighted by molar-refractivity contribution is 8.01. The number of hydrogen-bond donors (Lipinski definition) is 0. The van der Waals surface area contributed by atoms with Crippen molar-refractivity contribution in [3.05, 3.63) is 47.5 Å². The number of rotatable bonds is 4.